The standard InChI is InChI=1S/C13H19N3O3/c17-9-8-16-6-3-10(4-7-16)15-13(19)11-2-1-5-14-12(11)18/h1-2,5,10,17H,3-4,6-9H2,(H,14,18)(H,15,19). The third-order valence-corrected chi connectivity index (χ3v) is 3.40. The largest absolute Gasteiger partial charge is 0.395 e. The summed E-state index contributed by atoms with van der Waals surface area (Å²) >= 11 is 0. The predicted molar refractivity (Wildman–Crippen MR) is 71.1 cm³/mol. The fraction of sp³-hybridized carbons (Fsp3) is 0.538. The summed E-state index contributed by atoms with van der Waals surface area (Å²) in [5.74, 6) is -0.317. The number of β-amino-alcohol motifs (C(OH)–C–C–N with tert-alkyl or cyclic N) is 1. The average molecular weight is 265 g/mol. The van der Waals surface area contributed by atoms with E-state index in [0.717, 1.165) is 25.9 Å². The molecule has 6 heteroatoms. The first-order valence-corrected chi connectivity index (χ1v) is 6.52. The Morgan fingerprint density at radius 2 is 2.21 bits per heavy atom. The minimum atomic E-state index is -0.363. The normalized spacial score (nSPS) is 17.3. The number of H-pyrrole nitrogens is 1. The number of aromatic amines is 1. The Kier molecular flexibility index (Phi) is 4.70. The van der Waals surface area contributed by atoms with Crippen molar-refractivity contribution in [3.63, 3.8) is 0 Å². The summed E-state index contributed by atoms with van der Waals surface area (Å²) < 4.78 is 0. The number of nitrogens with one attached hydrogen (secondary N) is 2. The molecule has 1 aliphatic rings. The van der Waals surface area contributed by atoms with E-state index < -0.39 is 0 Å². The minimum Gasteiger partial charge on any atom is -0.395 e. The van der Waals surface area contributed by atoms with E-state index in [0.29, 0.717) is 6.54 Å². The van der Waals surface area contributed by atoms with Gasteiger partial charge >= 0.3 is 0 Å². The van der Waals surface area contributed by atoms with Crippen molar-refractivity contribution in [2.75, 3.05) is 26.2 Å². The summed E-state index contributed by atoms with van der Waals surface area (Å²) in [6, 6.07) is 3.26. The van der Waals surface area contributed by atoms with Crippen molar-refractivity contribution < 1.29 is 9.90 Å². The van der Waals surface area contributed by atoms with E-state index in [1.807, 2.05) is 0 Å². The summed E-state index contributed by atoms with van der Waals surface area (Å²) in [6.07, 6.45) is 3.19. The fourth-order valence-corrected chi connectivity index (χ4v) is 2.31. The lowest BCUT2D eigenvalue weighted by Gasteiger charge is -2.31. The number of carbonyl (C=O) groups is 1. The highest BCUT2D eigenvalue weighted by molar-refractivity contribution is 5.93. The molecular formula is C13H19N3O3. The van der Waals surface area contributed by atoms with Crippen LogP contribution in [-0.2, 0) is 0 Å². The highest BCUT2D eigenvalue weighted by Gasteiger charge is 2.21. The lowest BCUT2D eigenvalue weighted by atomic mass is 10.0. The third-order valence-electron chi connectivity index (χ3n) is 3.40. The zero-order valence-corrected chi connectivity index (χ0v) is 10.8. The number of aromatic nitrogens is 1. The number of rotatable bonds is 4. The molecule has 1 fully saturated rings. The number of hydrogen-bond acceptors (Lipinski definition) is 4. The van der Waals surface area contributed by atoms with Gasteiger partial charge in [0.25, 0.3) is 11.5 Å². The number of likely N-dealkylation sites (tertiary alicyclic amines) is 1. The van der Waals surface area contributed by atoms with Gasteiger partial charge in [-0.15, -0.1) is 0 Å². The van der Waals surface area contributed by atoms with Crippen LogP contribution >= 0.6 is 0 Å². The molecule has 3 N–H and O–H groups in total. The van der Waals surface area contributed by atoms with Crippen LogP contribution in [0.2, 0.25) is 0 Å². The topological polar surface area (TPSA) is 85.4 Å². The summed E-state index contributed by atoms with van der Waals surface area (Å²) in [5, 5.41) is 11.7. The molecule has 0 spiro atoms. The smallest absolute Gasteiger partial charge is 0.260 e. The van der Waals surface area contributed by atoms with E-state index in [1.54, 1.807) is 6.07 Å². The SMILES string of the molecule is O=C(NC1CCN(CCO)CC1)c1ccc[nH]c1=O. The molecule has 1 amide bonds. The maximum Gasteiger partial charge on any atom is 0.260 e. The van der Waals surface area contributed by atoms with Crippen LogP contribution in [-0.4, -0.2) is 53.2 Å². The van der Waals surface area contributed by atoms with Crippen LogP contribution in [0.4, 0.5) is 0 Å². The highest BCUT2D eigenvalue weighted by Crippen LogP contribution is 2.10. The number of pyridine rings is 1. The van der Waals surface area contributed by atoms with Gasteiger partial charge in [-0.25, -0.2) is 0 Å². The van der Waals surface area contributed by atoms with Crippen LogP contribution in [0.25, 0.3) is 0 Å². The van der Waals surface area contributed by atoms with Crippen LogP contribution in [0.3, 0.4) is 0 Å². The number of hydrogen-bond donors (Lipinski definition) is 3. The molecule has 2 rings (SSSR count). The number of carbonyl (C=O) groups excluding carboxylic acids is 1. The van der Waals surface area contributed by atoms with Gasteiger partial charge in [0.1, 0.15) is 5.56 Å². The summed E-state index contributed by atoms with van der Waals surface area (Å²) in [5.41, 5.74) is -0.210. The maximum absolute atomic E-state index is 12.0. The lowest BCUT2D eigenvalue weighted by Crippen LogP contribution is -2.46. The average Bonchev–Trinajstić information content (AvgIpc) is 2.42. The molecule has 2 heterocycles. The zero-order valence-electron chi connectivity index (χ0n) is 10.8. The van der Waals surface area contributed by atoms with Crippen LogP contribution in [0.5, 0.6) is 0 Å². The molecule has 0 atom stereocenters. The van der Waals surface area contributed by atoms with E-state index in [1.165, 1.54) is 12.3 Å². The molecule has 0 aliphatic carbocycles. The van der Waals surface area contributed by atoms with Gasteiger partial charge in [-0.1, -0.05) is 0 Å². The van der Waals surface area contributed by atoms with Gasteiger partial charge in [-0.2, -0.15) is 0 Å². The van der Waals surface area contributed by atoms with Gasteiger partial charge in [-0.05, 0) is 25.0 Å². The van der Waals surface area contributed by atoms with Crippen molar-refractivity contribution in [3.8, 4) is 0 Å². The van der Waals surface area contributed by atoms with Crippen molar-refractivity contribution in [1.29, 1.82) is 0 Å². The van der Waals surface area contributed by atoms with Gasteiger partial charge in [0, 0.05) is 31.9 Å². The van der Waals surface area contributed by atoms with E-state index in [4.69, 9.17) is 5.11 Å². The molecule has 0 bridgehead atoms. The number of aliphatic hydroxyl groups is 1. The van der Waals surface area contributed by atoms with Gasteiger partial charge in [-0.3, -0.25) is 9.59 Å². The van der Waals surface area contributed by atoms with Crippen molar-refractivity contribution in [1.82, 2.24) is 15.2 Å². The summed E-state index contributed by atoms with van der Waals surface area (Å²) in [7, 11) is 0. The Hall–Kier alpha value is -1.66. The third kappa shape index (κ3) is 3.65. The fourth-order valence-electron chi connectivity index (χ4n) is 2.31. The van der Waals surface area contributed by atoms with Crippen LogP contribution in [0.1, 0.15) is 23.2 Å². The number of nitrogens with zero attached hydrogens (tertiary/aromatic N) is 1. The van der Waals surface area contributed by atoms with E-state index in [2.05, 4.69) is 15.2 Å². The number of piperidine rings is 1. The maximum atomic E-state index is 12.0. The van der Waals surface area contributed by atoms with Gasteiger partial charge in [0.05, 0.1) is 6.61 Å². The molecule has 1 saturated heterocycles. The lowest BCUT2D eigenvalue weighted by molar-refractivity contribution is 0.0901. The van der Waals surface area contributed by atoms with Crippen LogP contribution in [0, 0.1) is 0 Å². The quantitative estimate of drug-likeness (QED) is 0.689. The van der Waals surface area contributed by atoms with Crippen molar-refractivity contribution in [2.24, 2.45) is 0 Å². The van der Waals surface area contributed by atoms with E-state index in [9.17, 15) is 9.59 Å². The Bertz CT molecular complexity index is 478. The molecular weight excluding hydrogens is 246 g/mol. The Balaban J connectivity index is 1.88. The zero-order chi connectivity index (χ0) is 13.7. The van der Waals surface area contributed by atoms with Crippen molar-refractivity contribution >= 4 is 5.91 Å². The van der Waals surface area contributed by atoms with E-state index >= 15 is 0 Å². The van der Waals surface area contributed by atoms with Crippen LogP contribution < -0.4 is 10.9 Å². The second-order valence-corrected chi connectivity index (χ2v) is 4.73. The van der Waals surface area contributed by atoms with Gasteiger partial charge in [0.15, 0.2) is 0 Å². The van der Waals surface area contributed by atoms with Crippen LogP contribution in [0.15, 0.2) is 23.1 Å². The molecule has 1 aliphatic heterocycles. The molecule has 1 aromatic heterocycles. The first-order valence-electron chi connectivity index (χ1n) is 6.52. The van der Waals surface area contributed by atoms with E-state index in [-0.39, 0.29) is 29.7 Å². The molecule has 19 heavy (non-hydrogen) atoms. The Labute approximate surface area is 111 Å². The summed E-state index contributed by atoms with van der Waals surface area (Å²) in [6.45, 7) is 2.56. The molecule has 6 nitrogen and oxygen atoms in total. The predicted octanol–water partition coefficient (Wildman–Crippen LogP) is -0.439. The molecule has 1 aromatic rings. The molecule has 104 valence electrons. The second kappa shape index (κ2) is 6.49. The number of amides is 1. The highest BCUT2D eigenvalue weighted by atomic mass is 16.3. The Morgan fingerprint density at radius 3 is 2.84 bits per heavy atom. The molecule has 0 unspecified atom stereocenters. The van der Waals surface area contributed by atoms with Gasteiger partial charge in [0.2, 0.25) is 0 Å². The first-order chi connectivity index (χ1) is 9.20. The summed E-state index contributed by atoms with van der Waals surface area (Å²) in [4.78, 5) is 28.1. The monoisotopic (exact) mass is 265 g/mol. The van der Waals surface area contributed by atoms with Crippen molar-refractivity contribution in [2.45, 2.75) is 18.9 Å². The van der Waals surface area contributed by atoms with Crippen molar-refractivity contribution in [3.05, 3.63) is 34.2 Å². The molecule has 0 aromatic carbocycles. The molecule has 0 radical (unpaired) electrons. The molecule has 0 saturated carbocycles. The second-order valence-electron chi connectivity index (χ2n) is 4.73. The first kappa shape index (κ1) is 13.8. The minimum absolute atomic E-state index is 0.0991. The Morgan fingerprint density at radius 1 is 1.47 bits per heavy atom. The number of aliphatic hydroxyl groups excluding tert-OH is 1. The van der Waals surface area contributed by atoms with Gasteiger partial charge < -0.3 is 20.3 Å².